The molecule has 76 heavy (non-hydrogen) atoms. The van der Waals surface area contributed by atoms with Gasteiger partial charge in [0.2, 0.25) is 0 Å². The number of fused-ring (bicyclic) bond motifs is 12. The van der Waals surface area contributed by atoms with Crippen LogP contribution in [0.4, 0.5) is 0 Å². The lowest BCUT2D eigenvalue weighted by atomic mass is 10.0. The molecule has 0 fully saturated rings. The highest BCUT2D eigenvalue weighted by Gasteiger charge is 2.26. The molecule has 0 radical (unpaired) electrons. The molecule has 0 saturated carbocycles. The minimum Gasteiger partial charge on any atom is -0.456 e. The van der Waals surface area contributed by atoms with Gasteiger partial charge in [0.15, 0.2) is 17.5 Å². The van der Waals surface area contributed by atoms with Gasteiger partial charge in [0.05, 0.1) is 39.0 Å². The molecule has 0 unspecified atom stereocenters. The van der Waals surface area contributed by atoms with Crippen molar-refractivity contribution < 1.29 is 8.83 Å². The van der Waals surface area contributed by atoms with Crippen LogP contribution in [0.15, 0.2) is 258 Å². The first-order chi connectivity index (χ1) is 37.7. The Labute approximate surface area is 434 Å². The van der Waals surface area contributed by atoms with Gasteiger partial charge in [0.25, 0.3) is 0 Å². The van der Waals surface area contributed by atoms with E-state index in [1.165, 1.54) is 5.39 Å². The van der Waals surface area contributed by atoms with Crippen molar-refractivity contribution in [3.05, 3.63) is 249 Å². The Morgan fingerprint density at radius 2 is 0.776 bits per heavy atom. The predicted octanol–water partition coefficient (Wildman–Crippen LogP) is 18.2. The van der Waals surface area contributed by atoms with Crippen LogP contribution < -0.4 is 0 Å². The monoisotopic (exact) mass is 971 g/mol. The molecule has 0 saturated heterocycles. The van der Waals surface area contributed by atoms with Crippen LogP contribution in [0, 0.1) is 0 Å². The molecule has 0 N–H and O–H groups in total. The molecule has 7 heteroatoms. The summed E-state index contributed by atoms with van der Waals surface area (Å²) in [5, 5.41) is 8.46. The van der Waals surface area contributed by atoms with Crippen molar-refractivity contribution in [2.75, 3.05) is 0 Å². The molecule has 11 aromatic carbocycles. The molecule has 16 rings (SSSR count). The first-order valence-electron chi connectivity index (χ1n) is 25.6. The molecule has 5 heterocycles. The summed E-state index contributed by atoms with van der Waals surface area (Å²) >= 11 is 0. The van der Waals surface area contributed by atoms with E-state index >= 15 is 0 Å². The Balaban J connectivity index is 1.01. The van der Waals surface area contributed by atoms with E-state index in [-0.39, 0.29) is 0 Å². The second-order valence-corrected chi connectivity index (χ2v) is 19.4. The van der Waals surface area contributed by atoms with Gasteiger partial charge in [-0.15, -0.1) is 0 Å². The summed E-state index contributed by atoms with van der Waals surface area (Å²) in [6.45, 7) is 0. The quantitative estimate of drug-likeness (QED) is 0.159. The van der Waals surface area contributed by atoms with Crippen LogP contribution in [-0.2, 0) is 0 Å². The summed E-state index contributed by atoms with van der Waals surface area (Å²) in [6, 6.07) is 87.4. The minimum absolute atomic E-state index is 0.499. The molecule has 0 aliphatic carbocycles. The number of aromatic nitrogens is 5. The van der Waals surface area contributed by atoms with Crippen molar-refractivity contribution in [1.29, 1.82) is 0 Å². The highest BCUT2D eigenvalue weighted by atomic mass is 16.3. The van der Waals surface area contributed by atoms with Crippen LogP contribution in [0.1, 0.15) is 0 Å². The van der Waals surface area contributed by atoms with E-state index in [4.69, 9.17) is 23.8 Å². The first-order valence-corrected chi connectivity index (χ1v) is 25.6. The first kappa shape index (κ1) is 42.2. The van der Waals surface area contributed by atoms with Crippen LogP contribution in [0.2, 0.25) is 0 Å². The molecule has 0 amide bonds. The molecule has 0 atom stereocenters. The van der Waals surface area contributed by atoms with E-state index in [1.807, 2.05) is 36.4 Å². The third-order valence-electron chi connectivity index (χ3n) is 15.2. The van der Waals surface area contributed by atoms with Crippen LogP contribution in [0.5, 0.6) is 0 Å². The van der Waals surface area contributed by atoms with E-state index in [0.29, 0.717) is 23.1 Å². The molecule has 0 spiro atoms. The molecular weight excluding hydrogens is 931 g/mol. The normalized spacial score (nSPS) is 11.9. The summed E-state index contributed by atoms with van der Waals surface area (Å²) in [5.74, 6) is 1.55. The fourth-order valence-electron chi connectivity index (χ4n) is 11.9. The van der Waals surface area contributed by atoms with Gasteiger partial charge in [0.1, 0.15) is 22.3 Å². The van der Waals surface area contributed by atoms with Gasteiger partial charge in [-0.2, -0.15) is 0 Å². The van der Waals surface area contributed by atoms with E-state index < -0.39 is 0 Å². The van der Waals surface area contributed by atoms with Crippen molar-refractivity contribution in [2.45, 2.75) is 0 Å². The lowest BCUT2D eigenvalue weighted by Gasteiger charge is -2.18. The van der Waals surface area contributed by atoms with E-state index in [2.05, 4.69) is 221 Å². The fraction of sp³-hybridized carbons (Fsp3) is 0. The number of hydrogen-bond acceptors (Lipinski definition) is 5. The van der Waals surface area contributed by atoms with Gasteiger partial charge in [-0.05, 0) is 77.4 Å². The Kier molecular flexibility index (Phi) is 9.20. The SMILES string of the molecule is c1ccc(-c2ccc3oc4cccc(-c5nc(-c6cccc7c6oc6ccccc67)nc(-c6cccc7c8ccccc8n(-c8cccc9c%10ccccc%10n(-c%10ccccc%10-c%10ccccc%10)c89)c67)n5)c4c3c2)cc1. The number of para-hydroxylation sites is 7. The maximum Gasteiger partial charge on any atom is 0.167 e. The Morgan fingerprint density at radius 1 is 0.276 bits per heavy atom. The van der Waals surface area contributed by atoms with Gasteiger partial charge >= 0.3 is 0 Å². The maximum absolute atomic E-state index is 6.72. The number of nitrogens with zero attached hydrogens (tertiary/aromatic N) is 5. The van der Waals surface area contributed by atoms with Gasteiger partial charge in [-0.1, -0.05) is 188 Å². The topological polar surface area (TPSA) is 74.8 Å². The fourth-order valence-corrected chi connectivity index (χ4v) is 11.9. The molecule has 16 aromatic rings. The lowest BCUT2D eigenvalue weighted by Crippen LogP contribution is -2.04. The summed E-state index contributed by atoms with van der Waals surface area (Å²) < 4.78 is 18.2. The van der Waals surface area contributed by atoms with Gasteiger partial charge in [0, 0.05) is 59.8 Å². The van der Waals surface area contributed by atoms with Crippen LogP contribution in [0.3, 0.4) is 0 Å². The van der Waals surface area contributed by atoms with E-state index in [9.17, 15) is 0 Å². The van der Waals surface area contributed by atoms with Crippen molar-refractivity contribution >= 4 is 87.5 Å². The number of furan rings is 2. The molecule has 0 aliphatic rings. The highest BCUT2D eigenvalue weighted by molar-refractivity contribution is 6.18. The predicted molar refractivity (Wildman–Crippen MR) is 310 cm³/mol. The van der Waals surface area contributed by atoms with E-state index in [0.717, 1.165) is 127 Å². The average Bonchev–Trinajstić information content (AvgIpc) is 4.28. The molecule has 5 aromatic heterocycles. The van der Waals surface area contributed by atoms with Crippen molar-refractivity contribution in [3.63, 3.8) is 0 Å². The highest BCUT2D eigenvalue weighted by Crippen LogP contribution is 2.45. The Morgan fingerprint density at radius 3 is 1.55 bits per heavy atom. The van der Waals surface area contributed by atoms with Crippen LogP contribution in [0.25, 0.3) is 155 Å². The number of rotatable bonds is 7. The van der Waals surface area contributed by atoms with Crippen molar-refractivity contribution in [1.82, 2.24) is 24.1 Å². The third kappa shape index (κ3) is 6.33. The second kappa shape index (κ2) is 16.6. The maximum atomic E-state index is 6.72. The summed E-state index contributed by atoms with van der Waals surface area (Å²) in [5.41, 5.74) is 16.4. The number of hydrogen-bond donors (Lipinski definition) is 0. The third-order valence-corrected chi connectivity index (χ3v) is 15.2. The molecular formula is C69H41N5O2. The summed E-state index contributed by atoms with van der Waals surface area (Å²) in [4.78, 5) is 16.6. The zero-order valence-corrected chi connectivity index (χ0v) is 40.7. The molecule has 0 aliphatic heterocycles. The zero-order valence-electron chi connectivity index (χ0n) is 40.7. The minimum atomic E-state index is 0.499. The Bertz CT molecular complexity index is 5000. The van der Waals surface area contributed by atoms with Gasteiger partial charge in [-0.25, -0.2) is 15.0 Å². The summed E-state index contributed by atoms with van der Waals surface area (Å²) in [6.07, 6.45) is 0. The van der Waals surface area contributed by atoms with Crippen molar-refractivity contribution in [3.8, 4) is 67.8 Å². The van der Waals surface area contributed by atoms with Gasteiger partial charge < -0.3 is 18.0 Å². The summed E-state index contributed by atoms with van der Waals surface area (Å²) in [7, 11) is 0. The largest absolute Gasteiger partial charge is 0.456 e. The van der Waals surface area contributed by atoms with E-state index in [1.54, 1.807) is 0 Å². The molecule has 0 bridgehead atoms. The standard InChI is InChI=1S/C69H41N5O2/c1-3-19-42(20-4-1)44-39-40-61-55(41-44)63-52(30-18-38-62(63)75-61)67-70-68(72-69(71-67)54-32-16-29-51-48-26-10-14-37-60(48)76-66(51)54)53-31-15-27-49-46-24-8-13-35-58(46)74(64(49)53)59-36-17-28-50-47-25-9-12-34-57(47)73(65(50)59)56-33-11-7-23-45(56)43-21-5-2-6-22-43/h1-41H. The molecule has 354 valence electrons. The van der Waals surface area contributed by atoms with Crippen molar-refractivity contribution in [2.24, 2.45) is 0 Å². The zero-order chi connectivity index (χ0) is 49.8. The Hall–Kier alpha value is -10.4. The second-order valence-electron chi connectivity index (χ2n) is 19.4. The lowest BCUT2D eigenvalue weighted by molar-refractivity contribution is 0.668. The van der Waals surface area contributed by atoms with Crippen LogP contribution in [-0.4, -0.2) is 24.1 Å². The van der Waals surface area contributed by atoms with Crippen LogP contribution >= 0.6 is 0 Å². The number of benzene rings is 11. The van der Waals surface area contributed by atoms with Gasteiger partial charge in [-0.3, -0.25) is 0 Å². The smallest absolute Gasteiger partial charge is 0.167 e. The molecule has 7 nitrogen and oxygen atoms in total. The average molecular weight is 972 g/mol.